The van der Waals surface area contributed by atoms with Crippen molar-refractivity contribution in [3.8, 4) is 0 Å². The van der Waals surface area contributed by atoms with E-state index in [0.29, 0.717) is 0 Å². The highest BCUT2D eigenvalue weighted by Gasteiger charge is 2.20. The van der Waals surface area contributed by atoms with Gasteiger partial charge in [0.2, 0.25) is 0 Å². The molecule has 1 fully saturated rings. The molecule has 2 aromatic rings. The lowest BCUT2D eigenvalue weighted by Crippen LogP contribution is -2.29. The van der Waals surface area contributed by atoms with Gasteiger partial charge in [0.1, 0.15) is 0 Å². The highest BCUT2D eigenvalue weighted by molar-refractivity contribution is 7.10. The van der Waals surface area contributed by atoms with Crippen LogP contribution in [0.1, 0.15) is 34.5 Å². The molecule has 21 heavy (non-hydrogen) atoms. The third-order valence-corrected chi connectivity index (χ3v) is 5.35. The molecular formula is C17H21N3S. The Morgan fingerprint density at radius 1 is 1.29 bits per heavy atom. The number of fused-ring (bicyclic) bond motifs is 1. The van der Waals surface area contributed by atoms with Crippen LogP contribution in [0.5, 0.6) is 0 Å². The molecule has 0 spiro atoms. The summed E-state index contributed by atoms with van der Waals surface area (Å²) in [6.45, 7) is 4.15. The fourth-order valence-electron chi connectivity index (χ4n) is 2.87. The second-order valence-corrected chi connectivity index (χ2v) is 7.14. The van der Waals surface area contributed by atoms with E-state index in [9.17, 15) is 0 Å². The molecule has 0 radical (unpaired) electrons. The van der Waals surface area contributed by atoms with Crippen molar-refractivity contribution >= 4 is 11.3 Å². The van der Waals surface area contributed by atoms with Crippen LogP contribution in [0.2, 0.25) is 0 Å². The number of rotatable bonds is 5. The van der Waals surface area contributed by atoms with Crippen molar-refractivity contribution in [2.45, 2.75) is 44.9 Å². The summed E-state index contributed by atoms with van der Waals surface area (Å²) in [6.07, 6.45) is 5.90. The minimum absolute atomic E-state index is 0.762. The predicted octanol–water partition coefficient (Wildman–Crippen LogP) is 2.95. The molecule has 4 rings (SSSR count). The van der Waals surface area contributed by atoms with Crippen LogP contribution >= 0.6 is 11.3 Å². The highest BCUT2D eigenvalue weighted by Crippen LogP contribution is 2.24. The molecule has 4 heteroatoms. The zero-order chi connectivity index (χ0) is 14.1. The van der Waals surface area contributed by atoms with Crippen molar-refractivity contribution in [3.63, 3.8) is 0 Å². The molecule has 2 aromatic heterocycles. The van der Waals surface area contributed by atoms with Crippen molar-refractivity contribution in [1.29, 1.82) is 0 Å². The standard InChI is InChI=1S/C17H21N3S/c1-2-16(19-10-13(1)9-18-15-3-4-15)12-20-7-5-17-14(11-20)6-8-21-17/h1-2,6,8,10,15,18H,3-5,7,9,11-12H2. The number of aromatic nitrogens is 1. The molecule has 1 aliphatic carbocycles. The van der Waals surface area contributed by atoms with Crippen LogP contribution in [-0.2, 0) is 26.1 Å². The molecule has 3 nitrogen and oxygen atoms in total. The van der Waals surface area contributed by atoms with Gasteiger partial charge in [-0.3, -0.25) is 9.88 Å². The van der Waals surface area contributed by atoms with Crippen molar-refractivity contribution in [2.24, 2.45) is 0 Å². The second kappa shape index (κ2) is 5.87. The van der Waals surface area contributed by atoms with Gasteiger partial charge in [-0.2, -0.15) is 0 Å². The van der Waals surface area contributed by atoms with Crippen LogP contribution in [0, 0.1) is 0 Å². The average molecular weight is 299 g/mol. The van der Waals surface area contributed by atoms with Crippen LogP contribution in [0.3, 0.4) is 0 Å². The number of nitrogens with one attached hydrogen (secondary N) is 1. The lowest BCUT2D eigenvalue weighted by Gasteiger charge is -2.26. The Labute approximate surface area is 130 Å². The molecule has 0 bridgehead atoms. The summed E-state index contributed by atoms with van der Waals surface area (Å²) in [4.78, 5) is 8.71. The molecule has 0 atom stereocenters. The van der Waals surface area contributed by atoms with Gasteiger partial charge in [-0.1, -0.05) is 6.07 Å². The summed E-state index contributed by atoms with van der Waals surface area (Å²) in [6, 6.07) is 7.44. The first-order chi connectivity index (χ1) is 10.4. The summed E-state index contributed by atoms with van der Waals surface area (Å²) >= 11 is 1.90. The molecule has 1 N–H and O–H groups in total. The monoisotopic (exact) mass is 299 g/mol. The third-order valence-electron chi connectivity index (χ3n) is 4.33. The maximum Gasteiger partial charge on any atom is 0.0544 e. The van der Waals surface area contributed by atoms with Gasteiger partial charge in [0.25, 0.3) is 0 Å². The summed E-state index contributed by atoms with van der Waals surface area (Å²) in [7, 11) is 0. The minimum atomic E-state index is 0.762. The first-order valence-electron chi connectivity index (χ1n) is 7.81. The summed E-state index contributed by atoms with van der Waals surface area (Å²) < 4.78 is 0. The van der Waals surface area contributed by atoms with Gasteiger partial charge >= 0.3 is 0 Å². The molecule has 0 saturated heterocycles. The highest BCUT2D eigenvalue weighted by atomic mass is 32.1. The van der Waals surface area contributed by atoms with E-state index in [4.69, 9.17) is 0 Å². The smallest absolute Gasteiger partial charge is 0.0544 e. The van der Waals surface area contributed by atoms with E-state index < -0.39 is 0 Å². The summed E-state index contributed by atoms with van der Waals surface area (Å²) in [5.41, 5.74) is 3.99. The minimum Gasteiger partial charge on any atom is -0.310 e. The first kappa shape index (κ1) is 13.4. The Bertz CT molecular complexity index is 601. The van der Waals surface area contributed by atoms with Crippen LogP contribution in [0.25, 0.3) is 0 Å². The van der Waals surface area contributed by atoms with Crippen molar-refractivity contribution < 1.29 is 0 Å². The quantitative estimate of drug-likeness (QED) is 0.920. The van der Waals surface area contributed by atoms with Crippen molar-refractivity contribution in [1.82, 2.24) is 15.2 Å². The van der Waals surface area contributed by atoms with Crippen molar-refractivity contribution in [2.75, 3.05) is 6.54 Å². The van der Waals surface area contributed by atoms with Gasteiger partial charge in [0.15, 0.2) is 0 Å². The fourth-order valence-corrected chi connectivity index (χ4v) is 3.76. The molecule has 1 aliphatic heterocycles. The fraction of sp³-hybridized carbons (Fsp3) is 0.471. The van der Waals surface area contributed by atoms with E-state index >= 15 is 0 Å². The molecule has 0 amide bonds. The van der Waals surface area contributed by atoms with Gasteiger partial charge in [0.05, 0.1) is 5.69 Å². The third kappa shape index (κ3) is 3.34. The van der Waals surface area contributed by atoms with Crippen molar-refractivity contribution in [3.05, 3.63) is 51.5 Å². The first-order valence-corrected chi connectivity index (χ1v) is 8.69. The maximum atomic E-state index is 4.64. The van der Waals surface area contributed by atoms with E-state index in [-0.39, 0.29) is 0 Å². The SMILES string of the molecule is c1cc2c(s1)CCN(Cc1ccc(CNC3CC3)cn1)C2. The Morgan fingerprint density at radius 2 is 2.24 bits per heavy atom. The molecule has 110 valence electrons. The molecular weight excluding hydrogens is 278 g/mol. The van der Waals surface area contributed by atoms with Gasteiger partial charge in [-0.05, 0) is 47.9 Å². The summed E-state index contributed by atoms with van der Waals surface area (Å²) in [5, 5.41) is 5.75. The van der Waals surface area contributed by atoms with Gasteiger partial charge in [-0.15, -0.1) is 11.3 Å². The molecule has 3 heterocycles. The maximum absolute atomic E-state index is 4.64. The predicted molar refractivity (Wildman–Crippen MR) is 86.2 cm³/mol. The van der Waals surface area contributed by atoms with Crippen LogP contribution in [0.4, 0.5) is 0 Å². The van der Waals surface area contributed by atoms with E-state index in [0.717, 1.165) is 32.2 Å². The number of hydrogen-bond donors (Lipinski definition) is 1. The van der Waals surface area contributed by atoms with E-state index in [1.54, 1.807) is 4.88 Å². The Morgan fingerprint density at radius 3 is 3.05 bits per heavy atom. The number of thiophene rings is 1. The second-order valence-electron chi connectivity index (χ2n) is 6.14. The van der Waals surface area contributed by atoms with E-state index in [1.807, 2.05) is 17.5 Å². The number of pyridine rings is 1. The van der Waals surface area contributed by atoms with Crippen LogP contribution in [-0.4, -0.2) is 22.5 Å². The lowest BCUT2D eigenvalue weighted by molar-refractivity contribution is 0.244. The number of hydrogen-bond acceptors (Lipinski definition) is 4. The number of nitrogens with zero attached hydrogens (tertiary/aromatic N) is 2. The average Bonchev–Trinajstić information content (AvgIpc) is 3.23. The van der Waals surface area contributed by atoms with Crippen LogP contribution in [0.15, 0.2) is 29.8 Å². The van der Waals surface area contributed by atoms with Crippen LogP contribution < -0.4 is 5.32 Å². The molecule has 0 unspecified atom stereocenters. The Balaban J connectivity index is 1.34. The topological polar surface area (TPSA) is 28.2 Å². The Hall–Kier alpha value is -1.23. The zero-order valence-electron chi connectivity index (χ0n) is 12.2. The van der Waals surface area contributed by atoms with Gasteiger partial charge < -0.3 is 5.32 Å². The summed E-state index contributed by atoms with van der Waals surface area (Å²) in [5.74, 6) is 0. The van der Waals surface area contributed by atoms with Gasteiger partial charge in [-0.25, -0.2) is 0 Å². The molecule has 1 saturated carbocycles. The molecule has 2 aliphatic rings. The zero-order valence-corrected chi connectivity index (χ0v) is 13.0. The largest absolute Gasteiger partial charge is 0.310 e. The molecule has 0 aromatic carbocycles. The lowest BCUT2D eigenvalue weighted by atomic mass is 10.1. The normalized spacial score (nSPS) is 18.7. The van der Waals surface area contributed by atoms with Gasteiger partial charge in [0, 0.05) is 43.3 Å². The van der Waals surface area contributed by atoms with E-state index in [1.165, 1.54) is 36.1 Å². The van der Waals surface area contributed by atoms with E-state index in [2.05, 4.69) is 38.8 Å². The Kier molecular flexibility index (Phi) is 3.76.